The Morgan fingerprint density at radius 2 is 1.71 bits per heavy atom. The highest BCUT2D eigenvalue weighted by atomic mass is 32.2. The highest BCUT2D eigenvalue weighted by molar-refractivity contribution is 7.90. The maximum atomic E-state index is 12.5. The molecule has 0 aromatic heterocycles. The first-order valence-electron chi connectivity index (χ1n) is 10.6. The van der Waals surface area contributed by atoms with Gasteiger partial charge in [-0.25, -0.2) is 17.9 Å². The van der Waals surface area contributed by atoms with Crippen molar-refractivity contribution in [2.45, 2.75) is 70.3 Å². The Morgan fingerprint density at radius 3 is 2.32 bits per heavy atom. The minimum atomic E-state index is -3.61. The van der Waals surface area contributed by atoms with Crippen LogP contribution >= 0.6 is 0 Å². The Bertz CT molecular complexity index is 830. The van der Waals surface area contributed by atoms with Crippen LogP contribution in [-0.2, 0) is 35.7 Å². The zero-order valence-electron chi connectivity index (χ0n) is 16.7. The summed E-state index contributed by atoms with van der Waals surface area (Å²) in [6.45, 7) is 0.911. The monoisotopic (exact) mass is 405 g/mol. The molecule has 0 saturated heterocycles. The van der Waals surface area contributed by atoms with Gasteiger partial charge in [-0.3, -0.25) is 0 Å². The van der Waals surface area contributed by atoms with Gasteiger partial charge in [0.05, 0.1) is 5.75 Å². The minimum Gasteiger partial charge on any atom is -0.307 e. The number of unbranched alkanes of at least 4 members (excludes halogenated alkanes) is 1. The van der Waals surface area contributed by atoms with Crippen molar-refractivity contribution in [1.82, 2.24) is 9.62 Å². The maximum absolute atomic E-state index is 12.5. The zero-order chi connectivity index (χ0) is 19.7. The summed E-state index contributed by atoms with van der Waals surface area (Å²) in [6, 6.07) is 2.36. The number of hydrogen-bond acceptors (Lipinski definition) is 4. The van der Waals surface area contributed by atoms with Crippen LogP contribution in [0.3, 0.4) is 0 Å². The molecule has 1 aromatic carbocycles. The smallest absolute Gasteiger partial charge is 0.307 e. The number of carbonyl (C=O) groups excluding carboxylic acids is 1. The molecule has 0 unspecified atom stereocenters. The van der Waals surface area contributed by atoms with E-state index in [-0.39, 0.29) is 5.75 Å². The molecule has 2 N–H and O–H groups in total. The third-order valence-electron chi connectivity index (χ3n) is 6.30. The standard InChI is InChI=1S/C21H31N3O3S/c1-24(17-10-11-17)12-2-3-13-28(26,27)23-21(25)22-20-18-8-4-6-15(18)14-16-7-5-9-19(16)20/h14,17H,2-13H2,1H3,(H2,22,23,25). The van der Waals surface area contributed by atoms with Gasteiger partial charge >= 0.3 is 6.03 Å². The van der Waals surface area contributed by atoms with E-state index in [1.165, 1.54) is 35.1 Å². The van der Waals surface area contributed by atoms with Crippen LogP contribution < -0.4 is 10.0 Å². The van der Waals surface area contributed by atoms with E-state index < -0.39 is 16.1 Å². The van der Waals surface area contributed by atoms with E-state index in [0.717, 1.165) is 57.2 Å². The van der Waals surface area contributed by atoms with E-state index in [4.69, 9.17) is 0 Å². The number of rotatable bonds is 8. The largest absolute Gasteiger partial charge is 0.332 e. The average molecular weight is 406 g/mol. The van der Waals surface area contributed by atoms with E-state index in [9.17, 15) is 13.2 Å². The van der Waals surface area contributed by atoms with E-state index >= 15 is 0 Å². The molecule has 0 bridgehead atoms. The van der Waals surface area contributed by atoms with Crippen LogP contribution in [0.1, 0.15) is 60.8 Å². The predicted octanol–water partition coefficient (Wildman–Crippen LogP) is 2.99. The number of urea groups is 1. The quantitative estimate of drug-likeness (QED) is 0.652. The molecule has 7 heteroatoms. The summed E-state index contributed by atoms with van der Waals surface area (Å²) in [5.74, 6) is -0.00999. The molecular formula is C21H31N3O3S. The van der Waals surface area contributed by atoms with Gasteiger partial charge in [0.2, 0.25) is 10.0 Å². The summed E-state index contributed by atoms with van der Waals surface area (Å²) in [4.78, 5) is 14.8. The predicted molar refractivity (Wildman–Crippen MR) is 111 cm³/mol. The molecule has 2 amide bonds. The molecule has 0 atom stereocenters. The normalized spacial score (nSPS) is 18.2. The van der Waals surface area contributed by atoms with Crippen LogP contribution in [0.4, 0.5) is 10.5 Å². The van der Waals surface area contributed by atoms with Crippen molar-refractivity contribution in [3.05, 3.63) is 28.3 Å². The molecule has 28 heavy (non-hydrogen) atoms. The number of anilines is 1. The van der Waals surface area contributed by atoms with Crippen molar-refractivity contribution in [3.8, 4) is 0 Å². The van der Waals surface area contributed by atoms with Gasteiger partial charge in [0.25, 0.3) is 0 Å². The maximum Gasteiger partial charge on any atom is 0.332 e. The molecular weight excluding hydrogens is 374 g/mol. The van der Waals surface area contributed by atoms with Crippen molar-refractivity contribution < 1.29 is 13.2 Å². The molecule has 0 aliphatic heterocycles. The number of aryl methyl sites for hydroxylation is 2. The van der Waals surface area contributed by atoms with E-state index in [1.54, 1.807) is 0 Å². The van der Waals surface area contributed by atoms with Crippen molar-refractivity contribution in [2.75, 3.05) is 24.7 Å². The Balaban J connectivity index is 1.33. The van der Waals surface area contributed by atoms with Gasteiger partial charge < -0.3 is 10.2 Å². The fourth-order valence-corrected chi connectivity index (χ4v) is 5.67. The van der Waals surface area contributed by atoms with E-state index in [0.29, 0.717) is 12.5 Å². The van der Waals surface area contributed by atoms with Gasteiger partial charge in [0.1, 0.15) is 0 Å². The molecule has 154 valence electrons. The molecule has 1 fully saturated rings. The van der Waals surface area contributed by atoms with E-state index in [2.05, 4.69) is 28.1 Å². The molecule has 6 nitrogen and oxygen atoms in total. The van der Waals surface area contributed by atoms with Crippen LogP contribution in [-0.4, -0.2) is 44.7 Å². The lowest BCUT2D eigenvalue weighted by Crippen LogP contribution is -2.36. The number of amides is 2. The molecule has 1 saturated carbocycles. The fraction of sp³-hybridized carbons (Fsp3) is 0.667. The Hall–Kier alpha value is -1.60. The van der Waals surface area contributed by atoms with Crippen molar-refractivity contribution in [1.29, 1.82) is 0 Å². The Morgan fingerprint density at radius 1 is 1.07 bits per heavy atom. The van der Waals surface area contributed by atoms with Gasteiger partial charge in [0, 0.05) is 11.7 Å². The number of sulfonamides is 1. The number of benzene rings is 1. The Labute approximate surface area is 168 Å². The number of nitrogens with one attached hydrogen (secondary N) is 2. The van der Waals surface area contributed by atoms with Gasteiger partial charge in [-0.15, -0.1) is 0 Å². The third kappa shape index (κ3) is 4.51. The molecule has 0 heterocycles. The number of hydrogen-bond donors (Lipinski definition) is 2. The van der Waals surface area contributed by atoms with Gasteiger partial charge in [-0.1, -0.05) is 6.07 Å². The summed E-state index contributed by atoms with van der Waals surface area (Å²) < 4.78 is 26.8. The summed E-state index contributed by atoms with van der Waals surface area (Å²) in [6.07, 6.45) is 10.1. The van der Waals surface area contributed by atoms with Crippen molar-refractivity contribution >= 4 is 21.7 Å². The van der Waals surface area contributed by atoms with Crippen molar-refractivity contribution in [3.63, 3.8) is 0 Å². The van der Waals surface area contributed by atoms with E-state index in [1.807, 2.05) is 0 Å². The number of carbonyl (C=O) groups is 1. The third-order valence-corrected chi connectivity index (χ3v) is 7.63. The summed E-state index contributed by atoms with van der Waals surface area (Å²) in [7, 11) is -1.52. The molecule has 3 aliphatic carbocycles. The minimum absolute atomic E-state index is 0.00999. The van der Waals surface area contributed by atoms with Crippen LogP contribution in [0.2, 0.25) is 0 Å². The first kappa shape index (κ1) is 19.7. The second-order valence-corrected chi connectivity index (χ2v) is 10.4. The lowest BCUT2D eigenvalue weighted by atomic mass is 9.99. The Kier molecular flexibility index (Phi) is 5.65. The summed E-state index contributed by atoms with van der Waals surface area (Å²) >= 11 is 0. The van der Waals surface area contributed by atoms with Crippen LogP contribution in [0.15, 0.2) is 6.07 Å². The average Bonchev–Trinajstić information content (AvgIpc) is 3.20. The zero-order valence-corrected chi connectivity index (χ0v) is 17.5. The lowest BCUT2D eigenvalue weighted by Gasteiger charge is -2.17. The van der Waals surface area contributed by atoms with Gasteiger partial charge in [0.15, 0.2) is 0 Å². The highest BCUT2D eigenvalue weighted by Crippen LogP contribution is 2.38. The SMILES string of the molecule is CN(CCCCS(=O)(=O)NC(=O)Nc1c2c(cc3c1CCC3)CCC2)C1CC1. The highest BCUT2D eigenvalue weighted by Gasteiger charge is 2.27. The molecule has 4 rings (SSSR count). The second-order valence-electron chi connectivity index (χ2n) is 8.53. The molecule has 1 aromatic rings. The summed E-state index contributed by atoms with van der Waals surface area (Å²) in [5, 5.41) is 2.89. The molecule has 0 spiro atoms. The molecule has 3 aliphatic rings. The van der Waals surface area contributed by atoms with Gasteiger partial charge in [-0.2, -0.15) is 0 Å². The lowest BCUT2D eigenvalue weighted by molar-refractivity contribution is 0.256. The summed E-state index contributed by atoms with van der Waals surface area (Å²) in [5.41, 5.74) is 5.92. The second kappa shape index (κ2) is 8.03. The molecule has 0 radical (unpaired) electrons. The number of nitrogens with zero attached hydrogens (tertiary/aromatic N) is 1. The van der Waals surface area contributed by atoms with Crippen LogP contribution in [0.25, 0.3) is 0 Å². The van der Waals surface area contributed by atoms with Gasteiger partial charge in [-0.05, 0) is 100 Å². The first-order valence-corrected chi connectivity index (χ1v) is 12.3. The fourth-order valence-electron chi connectivity index (χ4n) is 4.65. The topological polar surface area (TPSA) is 78.5 Å². The van der Waals surface area contributed by atoms with Crippen molar-refractivity contribution in [2.24, 2.45) is 0 Å². The van der Waals surface area contributed by atoms with Crippen LogP contribution in [0.5, 0.6) is 0 Å². The van der Waals surface area contributed by atoms with Crippen LogP contribution in [0, 0.1) is 0 Å². The number of fused-ring (bicyclic) bond motifs is 2. The first-order chi connectivity index (χ1) is 13.4.